The molecular weight excluding hydrogens is 366 g/mol. The molecule has 0 aliphatic carbocycles. The Bertz CT molecular complexity index is 736. The van der Waals surface area contributed by atoms with E-state index in [9.17, 15) is 9.59 Å². The molecule has 1 unspecified atom stereocenters. The maximum atomic E-state index is 12.5. The number of nitrogens with zero attached hydrogens (tertiary/aromatic N) is 1. The number of carboxylic acids is 1. The van der Waals surface area contributed by atoms with E-state index in [1.165, 1.54) is 28.3 Å². The van der Waals surface area contributed by atoms with Gasteiger partial charge in [0.25, 0.3) is 5.91 Å². The molecule has 2 rings (SSSR count). The van der Waals surface area contributed by atoms with Gasteiger partial charge in [-0.3, -0.25) is 9.69 Å². The van der Waals surface area contributed by atoms with Crippen LogP contribution in [0.5, 0.6) is 17.2 Å². The summed E-state index contributed by atoms with van der Waals surface area (Å²) in [6.45, 7) is 1.41. The molecule has 1 aliphatic heterocycles. The Kier molecular flexibility index (Phi) is 5.91. The predicted molar refractivity (Wildman–Crippen MR) is 98.2 cm³/mol. The summed E-state index contributed by atoms with van der Waals surface area (Å²) in [5.41, 5.74) is 0.637. The lowest BCUT2D eigenvalue weighted by molar-refractivity contribution is -0.144. The van der Waals surface area contributed by atoms with Crippen LogP contribution in [0.15, 0.2) is 17.0 Å². The molecular formula is C16H17NO6S2. The van der Waals surface area contributed by atoms with Crippen molar-refractivity contribution >= 4 is 46.3 Å². The van der Waals surface area contributed by atoms with Crippen LogP contribution in [0.2, 0.25) is 0 Å². The van der Waals surface area contributed by atoms with Crippen LogP contribution in [0.4, 0.5) is 0 Å². The van der Waals surface area contributed by atoms with Gasteiger partial charge in [-0.2, -0.15) is 0 Å². The summed E-state index contributed by atoms with van der Waals surface area (Å²) >= 11 is 6.19. The summed E-state index contributed by atoms with van der Waals surface area (Å²) in [5, 5.41) is 9.12. The van der Waals surface area contributed by atoms with E-state index in [1.54, 1.807) is 18.2 Å². The summed E-state index contributed by atoms with van der Waals surface area (Å²) in [6, 6.07) is 2.35. The minimum absolute atomic E-state index is 0.207. The van der Waals surface area contributed by atoms with E-state index >= 15 is 0 Å². The van der Waals surface area contributed by atoms with Gasteiger partial charge in [0.05, 0.1) is 26.2 Å². The fourth-order valence-electron chi connectivity index (χ4n) is 2.26. The van der Waals surface area contributed by atoms with Crippen molar-refractivity contribution in [2.24, 2.45) is 0 Å². The van der Waals surface area contributed by atoms with Gasteiger partial charge in [-0.1, -0.05) is 24.0 Å². The van der Waals surface area contributed by atoms with Gasteiger partial charge in [-0.15, -0.1) is 0 Å². The average molecular weight is 383 g/mol. The number of amides is 1. The Morgan fingerprint density at radius 2 is 1.80 bits per heavy atom. The third-order valence-corrected chi connectivity index (χ3v) is 4.88. The molecule has 134 valence electrons. The molecule has 0 radical (unpaired) electrons. The predicted octanol–water partition coefficient (Wildman–Crippen LogP) is 2.39. The monoisotopic (exact) mass is 383 g/mol. The minimum atomic E-state index is -1.12. The van der Waals surface area contributed by atoms with Gasteiger partial charge in [0.15, 0.2) is 11.5 Å². The molecule has 0 spiro atoms. The van der Waals surface area contributed by atoms with Crippen molar-refractivity contribution in [2.75, 3.05) is 21.3 Å². The maximum absolute atomic E-state index is 12.5. The van der Waals surface area contributed by atoms with Crippen LogP contribution in [0.3, 0.4) is 0 Å². The summed E-state index contributed by atoms with van der Waals surface area (Å²) in [7, 11) is 4.49. The van der Waals surface area contributed by atoms with Crippen LogP contribution >= 0.6 is 24.0 Å². The highest BCUT2D eigenvalue weighted by molar-refractivity contribution is 8.26. The van der Waals surface area contributed by atoms with E-state index in [4.69, 9.17) is 31.5 Å². The summed E-state index contributed by atoms with van der Waals surface area (Å²) in [5.74, 6) is -0.233. The lowest BCUT2D eigenvalue weighted by Crippen LogP contribution is -2.41. The molecule has 1 atom stereocenters. The van der Waals surface area contributed by atoms with Gasteiger partial charge in [-0.05, 0) is 30.7 Å². The van der Waals surface area contributed by atoms with E-state index < -0.39 is 17.9 Å². The van der Waals surface area contributed by atoms with Crippen molar-refractivity contribution in [2.45, 2.75) is 13.0 Å². The van der Waals surface area contributed by atoms with E-state index in [2.05, 4.69) is 0 Å². The van der Waals surface area contributed by atoms with E-state index in [-0.39, 0.29) is 4.32 Å². The fourth-order valence-corrected chi connectivity index (χ4v) is 3.68. The van der Waals surface area contributed by atoms with Gasteiger partial charge in [0.2, 0.25) is 5.75 Å². The van der Waals surface area contributed by atoms with Gasteiger partial charge >= 0.3 is 5.97 Å². The highest BCUT2D eigenvalue weighted by atomic mass is 32.2. The molecule has 1 saturated heterocycles. The Balaban J connectivity index is 2.43. The summed E-state index contributed by atoms with van der Waals surface area (Å²) in [4.78, 5) is 25.1. The molecule has 1 amide bonds. The SMILES string of the molecule is COc1cc(/C=C2\SC(=S)N(C(C)C(=O)O)C2=O)cc(OC)c1OC. The number of aliphatic carboxylic acids is 1. The summed E-state index contributed by atoms with van der Waals surface area (Å²) < 4.78 is 16.0. The highest BCUT2D eigenvalue weighted by Crippen LogP contribution is 2.40. The number of rotatable bonds is 6. The van der Waals surface area contributed by atoms with E-state index in [0.29, 0.717) is 27.7 Å². The standard InChI is InChI=1S/C16H17NO6S2/c1-8(15(19)20)17-14(18)12(25-16(17)24)7-9-5-10(21-2)13(23-4)11(6-9)22-3/h5-8H,1-4H3,(H,19,20)/b12-7-. The smallest absolute Gasteiger partial charge is 0.326 e. The first-order valence-electron chi connectivity index (χ1n) is 7.13. The second-order valence-electron chi connectivity index (χ2n) is 5.02. The van der Waals surface area contributed by atoms with Crippen molar-refractivity contribution in [1.82, 2.24) is 4.90 Å². The first kappa shape index (κ1) is 19.1. The number of ether oxygens (including phenoxy) is 3. The van der Waals surface area contributed by atoms with E-state index in [1.807, 2.05) is 0 Å². The number of carbonyl (C=O) groups is 2. The normalized spacial score (nSPS) is 17.0. The Morgan fingerprint density at radius 3 is 2.24 bits per heavy atom. The third-order valence-electron chi connectivity index (χ3n) is 3.55. The van der Waals surface area contributed by atoms with Gasteiger partial charge in [-0.25, -0.2) is 4.79 Å². The largest absolute Gasteiger partial charge is 0.493 e. The minimum Gasteiger partial charge on any atom is -0.493 e. The van der Waals surface area contributed by atoms with Crippen LogP contribution in [0, 0.1) is 0 Å². The number of thioether (sulfide) groups is 1. The quantitative estimate of drug-likeness (QED) is 0.592. The second-order valence-corrected chi connectivity index (χ2v) is 6.70. The molecule has 9 heteroatoms. The van der Waals surface area contributed by atoms with Crippen molar-refractivity contribution in [3.8, 4) is 17.2 Å². The van der Waals surface area contributed by atoms with Crippen LogP contribution < -0.4 is 14.2 Å². The second kappa shape index (κ2) is 7.75. The first-order chi connectivity index (χ1) is 11.8. The van der Waals surface area contributed by atoms with Crippen molar-refractivity contribution in [3.63, 3.8) is 0 Å². The average Bonchev–Trinajstić information content (AvgIpc) is 2.86. The van der Waals surface area contributed by atoms with Crippen LogP contribution in [0.25, 0.3) is 6.08 Å². The lowest BCUT2D eigenvalue weighted by Gasteiger charge is -2.18. The molecule has 0 saturated carbocycles. The number of carboxylic acid groups (broad SMARTS) is 1. The molecule has 1 aromatic rings. The first-order valence-corrected chi connectivity index (χ1v) is 8.36. The molecule has 1 aromatic carbocycles. The zero-order valence-electron chi connectivity index (χ0n) is 14.1. The highest BCUT2D eigenvalue weighted by Gasteiger charge is 2.38. The van der Waals surface area contributed by atoms with Crippen molar-refractivity contribution < 1.29 is 28.9 Å². The summed E-state index contributed by atoms with van der Waals surface area (Å²) in [6.07, 6.45) is 1.61. The molecule has 1 heterocycles. The molecule has 1 aliphatic rings. The number of benzene rings is 1. The number of carbonyl (C=O) groups excluding carboxylic acids is 1. The molecule has 25 heavy (non-hydrogen) atoms. The molecule has 0 aromatic heterocycles. The van der Waals surface area contributed by atoms with Crippen molar-refractivity contribution in [3.05, 3.63) is 22.6 Å². The van der Waals surface area contributed by atoms with Crippen LogP contribution in [-0.2, 0) is 9.59 Å². The lowest BCUT2D eigenvalue weighted by atomic mass is 10.1. The number of hydrogen-bond donors (Lipinski definition) is 1. The fraction of sp³-hybridized carbons (Fsp3) is 0.312. The zero-order valence-corrected chi connectivity index (χ0v) is 15.7. The van der Waals surface area contributed by atoms with Gasteiger partial charge in [0, 0.05) is 0 Å². The molecule has 1 N–H and O–H groups in total. The number of thiocarbonyl (C=S) groups is 1. The van der Waals surface area contributed by atoms with Gasteiger partial charge < -0.3 is 19.3 Å². The van der Waals surface area contributed by atoms with Crippen molar-refractivity contribution in [1.29, 1.82) is 0 Å². The third kappa shape index (κ3) is 3.72. The van der Waals surface area contributed by atoms with Crippen LogP contribution in [0.1, 0.15) is 12.5 Å². The molecule has 7 nitrogen and oxygen atoms in total. The number of hydrogen-bond acceptors (Lipinski definition) is 7. The topological polar surface area (TPSA) is 85.3 Å². The van der Waals surface area contributed by atoms with Gasteiger partial charge in [0.1, 0.15) is 10.4 Å². The van der Waals surface area contributed by atoms with Crippen LogP contribution in [-0.4, -0.2) is 53.6 Å². The number of methoxy groups -OCH3 is 3. The maximum Gasteiger partial charge on any atom is 0.326 e. The Morgan fingerprint density at radius 1 is 1.24 bits per heavy atom. The zero-order chi connectivity index (χ0) is 18.7. The Labute approximate surface area is 154 Å². The molecule has 1 fully saturated rings. The Hall–Kier alpha value is -2.26. The van der Waals surface area contributed by atoms with E-state index in [0.717, 1.165) is 16.7 Å². The molecule has 0 bridgehead atoms.